The van der Waals surface area contributed by atoms with E-state index in [9.17, 15) is 13.2 Å². The number of ether oxygens (including phenoxy) is 1. The number of halogens is 1. The van der Waals surface area contributed by atoms with Crippen molar-refractivity contribution in [2.45, 2.75) is 40.7 Å². The molecule has 0 aromatic carbocycles. The lowest BCUT2D eigenvalue weighted by Gasteiger charge is -2.36. The van der Waals surface area contributed by atoms with Crippen LogP contribution in [0.15, 0.2) is 4.99 Å². The standard InChI is InChI=1S/C18H37N5O4S.HI/c1-7-20-16(24)18(4,5)14-21-17(19-6)22-8-10-23(11-9-22)28(25,26)13-12-27-15(2)3;/h15H,7-14H2,1-6H3,(H,19,21)(H,20,24);1H. The number of rotatable bonds is 9. The quantitative estimate of drug-likeness (QED) is 0.251. The number of amides is 1. The van der Waals surface area contributed by atoms with E-state index in [2.05, 4.69) is 15.6 Å². The smallest absolute Gasteiger partial charge is 0.227 e. The number of sulfonamides is 1. The third-order valence-corrected chi connectivity index (χ3v) is 6.41. The molecule has 1 aliphatic heterocycles. The summed E-state index contributed by atoms with van der Waals surface area (Å²) in [5.41, 5.74) is -0.576. The number of carbonyl (C=O) groups excluding carboxylic acids is 1. The molecule has 0 aromatic rings. The zero-order chi connectivity index (χ0) is 21.4. The van der Waals surface area contributed by atoms with E-state index in [1.807, 2.05) is 39.5 Å². The molecular weight excluding hydrogens is 509 g/mol. The predicted molar refractivity (Wildman–Crippen MR) is 127 cm³/mol. The maximum atomic E-state index is 12.4. The molecule has 1 amide bonds. The molecule has 0 unspecified atom stereocenters. The van der Waals surface area contributed by atoms with Crippen LogP contribution >= 0.6 is 24.0 Å². The minimum absolute atomic E-state index is 0. The molecule has 29 heavy (non-hydrogen) atoms. The largest absolute Gasteiger partial charge is 0.378 e. The number of nitrogens with zero attached hydrogens (tertiary/aromatic N) is 3. The monoisotopic (exact) mass is 547 g/mol. The first-order valence-electron chi connectivity index (χ1n) is 9.86. The second kappa shape index (κ2) is 12.9. The highest BCUT2D eigenvalue weighted by Gasteiger charge is 2.30. The Morgan fingerprint density at radius 3 is 2.24 bits per heavy atom. The van der Waals surface area contributed by atoms with Gasteiger partial charge in [-0.1, -0.05) is 0 Å². The Labute approximate surface area is 193 Å². The number of piperazine rings is 1. The molecule has 0 radical (unpaired) electrons. The van der Waals surface area contributed by atoms with Crippen LogP contribution in [-0.4, -0.2) is 94.3 Å². The van der Waals surface area contributed by atoms with E-state index >= 15 is 0 Å². The molecule has 2 N–H and O–H groups in total. The fourth-order valence-electron chi connectivity index (χ4n) is 2.81. The van der Waals surface area contributed by atoms with Gasteiger partial charge in [-0.3, -0.25) is 9.79 Å². The zero-order valence-corrected chi connectivity index (χ0v) is 21.7. The van der Waals surface area contributed by atoms with Crippen molar-refractivity contribution in [2.24, 2.45) is 10.4 Å². The summed E-state index contributed by atoms with van der Waals surface area (Å²) < 4.78 is 31.8. The van der Waals surface area contributed by atoms with Gasteiger partial charge in [0.25, 0.3) is 0 Å². The van der Waals surface area contributed by atoms with Crippen molar-refractivity contribution < 1.29 is 17.9 Å². The molecular formula is C18H38IN5O4S. The lowest BCUT2D eigenvalue weighted by Crippen LogP contribution is -2.55. The minimum atomic E-state index is -3.32. The fraction of sp³-hybridized carbons (Fsp3) is 0.889. The van der Waals surface area contributed by atoms with Crippen LogP contribution in [-0.2, 0) is 19.6 Å². The van der Waals surface area contributed by atoms with Gasteiger partial charge in [0, 0.05) is 46.3 Å². The van der Waals surface area contributed by atoms with Crippen molar-refractivity contribution in [1.29, 1.82) is 0 Å². The summed E-state index contributed by atoms with van der Waals surface area (Å²) in [5.74, 6) is 0.661. The maximum Gasteiger partial charge on any atom is 0.227 e. The Balaban J connectivity index is 0.00000784. The average molecular weight is 548 g/mol. The van der Waals surface area contributed by atoms with Crippen LogP contribution in [0.4, 0.5) is 0 Å². The number of carbonyl (C=O) groups is 1. The van der Waals surface area contributed by atoms with Crippen LogP contribution < -0.4 is 10.6 Å². The predicted octanol–water partition coefficient (Wildman–Crippen LogP) is 0.715. The fourth-order valence-corrected chi connectivity index (χ4v) is 4.09. The van der Waals surface area contributed by atoms with E-state index in [1.165, 1.54) is 4.31 Å². The number of nitrogens with one attached hydrogen (secondary N) is 2. The molecule has 0 atom stereocenters. The SMILES string of the molecule is CCNC(=O)C(C)(C)CNC(=NC)N1CCN(S(=O)(=O)CCOC(C)C)CC1.I. The second-order valence-electron chi connectivity index (χ2n) is 7.77. The molecule has 1 fully saturated rings. The average Bonchev–Trinajstić information content (AvgIpc) is 2.62. The van der Waals surface area contributed by atoms with Gasteiger partial charge in [-0.25, -0.2) is 8.42 Å². The van der Waals surface area contributed by atoms with Crippen LogP contribution in [0.25, 0.3) is 0 Å². The molecule has 172 valence electrons. The van der Waals surface area contributed by atoms with E-state index in [0.29, 0.717) is 45.2 Å². The van der Waals surface area contributed by atoms with Crippen molar-refractivity contribution in [2.75, 3.05) is 58.7 Å². The lowest BCUT2D eigenvalue weighted by molar-refractivity contribution is -0.128. The molecule has 11 heteroatoms. The Bertz CT molecular complexity index is 632. The van der Waals surface area contributed by atoms with Gasteiger partial charge in [-0.05, 0) is 34.6 Å². The van der Waals surface area contributed by atoms with Gasteiger partial charge >= 0.3 is 0 Å². The molecule has 0 saturated carbocycles. The molecule has 0 spiro atoms. The highest BCUT2D eigenvalue weighted by Crippen LogP contribution is 2.14. The van der Waals surface area contributed by atoms with Gasteiger partial charge in [0.15, 0.2) is 5.96 Å². The number of hydrogen-bond donors (Lipinski definition) is 2. The summed E-state index contributed by atoms with van der Waals surface area (Å²) in [6.45, 7) is 12.6. The molecule has 1 aliphatic rings. The van der Waals surface area contributed by atoms with Gasteiger partial charge in [0.1, 0.15) is 0 Å². The van der Waals surface area contributed by atoms with Gasteiger partial charge in [-0.15, -0.1) is 24.0 Å². The third kappa shape index (κ3) is 9.35. The Kier molecular flexibility index (Phi) is 12.6. The zero-order valence-electron chi connectivity index (χ0n) is 18.5. The van der Waals surface area contributed by atoms with Crippen LogP contribution in [0.5, 0.6) is 0 Å². The second-order valence-corrected chi connectivity index (χ2v) is 9.85. The first kappa shape index (κ1) is 28.3. The number of hydrogen-bond acceptors (Lipinski definition) is 5. The number of aliphatic imine (C=N–C) groups is 1. The Morgan fingerprint density at radius 2 is 1.76 bits per heavy atom. The van der Waals surface area contributed by atoms with E-state index in [1.54, 1.807) is 7.05 Å². The summed E-state index contributed by atoms with van der Waals surface area (Å²) >= 11 is 0. The van der Waals surface area contributed by atoms with Crippen LogP contribution in [0, 0.1) is 5.41 Å². The van der Waals surface area contributed by atoms with E-state index in [0.717, 1.165) is 0 Å². The molecule has 1 rings (SSSR count). The summed E-state index contributed by atoms with van der Waals surface area (Å²) in [4.78, 5) is 18.4. The van der Waals surface area contributed by atoms with Crippen LogP contribution in [0.1, 0.15) is 34.6 Å². The Morgan fingerprint density at radius 1 is 1.17 bits per heavy atom. The van der Waals surface area contributed by atoms with Crippen molar-refractivity contribution in [3.05, 3.63) is 0 Å². The molecule has 0 aliphatic carbocycles. The highest BCUT2D eigenvalue weighted by atomic mass is 127. The number of guanidine groups is 1. The van der Waals surface area contributed by atoms with Gasteiger partial charge < -0.3 is 20.3 Å². The van der Waals surface area contributed by atoms with Gasteiger partial charge in [-0.2, -0.15) is 4.31 Å². The first-order chi connectivity index (χ1) is 13.0. The molecule has 1 saturated heterocycles. The topological polar surface area (TPSA) is 103 Å². The minimum Gasteiger partial charge on any atom is -0.378 e. The molecule has 1 heterocycles. The van der Waals surface area contributed by atoms with Crippen molar-refractivity contribution in [3.8, 4) is 0 Å². The van der Waals surface area contributed by atoms with E-state index in [4.69, 9.17) is 4.74 Å². The Hall–Kier alpha value is -0.660. The summed E-state index contributed by atoms with van der Waals surface area (Å²) in [7, 11) is -1.63. The molecule has 0 aromatic heterocycles. The lowest BCUT2D eigenvalue weighted by atomic mass is 9.92. The normalized spacial score (nSPS) is 16.5. The first-order valence-corrected chi connectivity index (χ1v) is 11.5. The molecule has 9 nitrogen and oxygen atoms in total. The van der Waals surface area contributed by atoms with Crippen molar-refractivity contribution in [3.63, 3.8) is 0 Å². The van der Waals surface area contributed by atoms with Crippen molar-refractivity contribution in [1.82, 2.24) is 19.8 Å². The third-order valence-electron chi connectivity index (χ3n) is 4.58. The highest BCUT2D eigenvalue weighted by molar-refractivity contribution is 14.0. The van der Waals surface area contributed by atoms with Gasteiger partial charge in [0.05, 0.1) is 23.9 Å². The van der Waals surface area contributed by atoms with Crippen molar-refractivity contribution >= 4 is 45.9 Å². The van der Waals surface area contributed by atoms with E-state index in [-0.39, 0.29) is 48.3 Å². The summed E-state index contributed by atoms with van der Waals surface area (Å²) in [5, 5.41) is 6.08. The summed E-state index contributed by atoms with van der Waals surface area (Å²) in [6.07, 6.45) is 0.0186. The van der Waals surface area contributed by atoms with Crippen LogP contribution in [0.2, 0.25) is 0 Å². The van der Waals surface area contributed by atoms with Crippen LogP contribution in [0.3, 0.4) is 0 Å². The van der Waals surface area contributed by atoms with Gasteiger partial charge in [0.2, 0.25) is 15.9 Å². The maximum absolute atomic E-state index is 12.4. The van der Waals surface area contributed by atoms with E-state index < -0.39 is 15.4 Å². The molecule has 0 bridgehead atoms. The summed E-state index contributed by atoms with van der Waals surface area (Å²) in [6, 6.07) is 0.